The van der Waals surface area contributed by atoms with Gasteiger partial charge in [0.15, 0.2) is 0 Å². The van der Waals surface area contributed by atoms with Gasteiger partial charge in [0.25, 0.3) is 0 Å². The second-order valence-electron chi connectivity index (χ2n) is 5.16. The Balaban J connectivity index is 2.02. The fourth-order valence-electron chi connectivity index (χ4n) is 2.59. The van der Waals surface area contributed by atoms with Gasteiger partial charge in [-0.1, -0.05) is 41.4 Å². The van der Waals surface area contributed by atoms with E-state index in [4.69, 9.17) is 27.9 Å². The van der Waals surface area contributed by atoms with E-state index in [1.165, 1.54) is 22.5 Å². The standard InChI is InChI=1S/C16H15Cl2NO3S2/c1-22-15-5-3-2-4-12(15)16-19(8-9-23-16)24(20,21)11-6-7-13(17)14(18)10-11/h2-7,10,16H,8-9H2,1H3. The minimum Gasteiger partial charge on any atom is -0.496 e. The number of hydrogen-bond donors (Lipinski definition) is 0. The van der Waals surface area contributed by atoms with Gasteiger partial charge < -0.3 is 4.74 Å². The first-order valence-corrected chi connectivity index (χ1v) is 10.4. The smallest absolute Gasteiger partial charge is 0.244 e. The molecule has 1 aliphatic rings. The van der Waals surface area contributed by atoms with Crippen molar-refractivity contribution in [1.29, 1.82) is 0 Å². The Kier molecular flexibility index (Phi) is 5.32. The summed E-state index contributed by atoms with van der Waals surface area (Å²) in [6.07, 6.45) is 0. The highest BCUT2D eigenvalue weighted by atomic mass is 35.5. The van der Waals surface area contributed by atoms with Crippen LogP contribution in [0.4, 0.5) is 0 Å². The Labute approximate surface area is 155 Å². The van der Waals surface area contributed by atoms with Crippen LogP contribution in [-0.4, -0.2) is 32.1 Å². The zero-order valence-corrected chi connectivity index (χ0v) is 15.9. The van der Waals surface area contributed by atoms with Crippen molar-refractivity contribution in [2.24, 2.45) is 0 Å². The van der Waals surface area contributed by atoms with Crippen LogP contribution in [-0.2, 0) is 10.0 Å². The molecule has 0 radical (unpaired) electrons. The van der Waals surface area contributed by atoms with Crippen LogP contribution in [0.25, 0.3) is 0 Å². The number of thioether (sulfide) groups is 1. The van der Waals surface area contributed by atoms with Gasteiger partial charge in [-0.05, 0) is 24.3 Å². The van der Waals surface area contributed by atoms with Crippen molar-refractivity contribution in [2.75, 3.05) is 19.4 Å². The van der Waals surface area contributed by atoms with Crippen LogP contribution in [0.2, 0.25) is 10.0 Å². The van der Waals surface area contributed by atoms with Crippen molar-refractivity contribution in [3.63, 3.8) is 0 Å². The molecule has 0 aliphatic carbocycles. The molecule has 0 amide bonds. The predicted molar refractivity (Wildman–Crippen MR) is 98.5 cm³/mol. The van der Waals surface area contributed by atoms with Gasteiger partial charge in [-0.3, -0.25) is 0 Å². The topological polar surface area (TPSA) is 46.6 Å². The van der Waals surface area contributed by atoms with E-state index < -0.39 is 10.0 Å². The number of para-hydroxylation sites is 1. The van der Waals surface area contributed by atoms with Gasteiger partial charge in [0.2, 0.25) is 10.0 Å². The lowest BCUT2D eigenvalue weighted by Crippen LogP contribution is -2.30. The number of rotatable bonds is 4. The van der Waals surface area contributed by atoms with Gasteiger partial charge in [0.1, 0.15) is 5.75 Å². The maximum absolute atomic E-state index is 13.1. The van der Waals surface area contributed by atoms with Crippen molar-refractivity contribution in [1.82, 2.24) is 4.31 Å². The van der Waals surface area contributed by atoms with Gasteiger partial charge in [0.05, 0.1) is 27.4 Å². The zero-order valence-electron chi connectivity index (χ0n) is 12.8. The lowest BCUT2D eigenvalue weighted by Gasteiger charge is -2.25. The van der Waals surface area contributed by atoms with E-state index in [1.54, 1.807) is 18.9 Å². The average molecular weight is 404 g/mol. The zero-order chi connectivity index (χ0) is 17.3. The van der Waals surface area contributed by atoms with Crippen LogP contribution in [0.15, 0.2) is 47.4 Å². The number of sulfonamides is 1. The SMILES string of the molecule is COc1ccccc1C1SCCN1S(=O)(=O)c1ccc(Cl)c(Cl)c1. The fraction of sp³-hybridized carbons (Fsp3) is 0.250. The molecule has 0 aromatic heterocycles. The lowest BCUT2D eigenvalue weighted by atomic mass is 10.2. The molecule has 8 heteroatoms. The molecule has 4 nitrogen and oxygen atoms in total. The normalized spacial score (nSPS) is 18.7. The van der Waals surface area contributed by atoms with E-state index in [0.717, 1.165) is 5.56 Å². The summed E-state index contributed by atoms with van der Waals surface area (Å²) in [6.45, 7) is 0.427. The third-order valence-electron chi connectivity index (χ3n) is 3.75. The number of hydrogen-bond acceptors (Lipinski definition) is 4. The quantitative estimate of drug-likeness (QED) is 0.756. The highest BCUT2D eigenvalue weighted by Crippen LogP contribution is 2.44. The molecule has 0 N–H and O–H groups in total. The summed E-state index contributed by atoms with van der Waals surface area (Å²) < 4.78 is 33.0. The Hall–Kier alpha value is -0.920. The van der Waals surface area contributed by atoms with E-state index in [-0.39, 0.29) is 15.3 Å². The second kappa shape index (κ2) is 7.14. The number of benzene rings is 2. The Bertz CT molecular complexity index is 858. The first kappa shape index (κ1) is 17.9. The highest BCUT2D eigenvalue weighted by Gasteiger charge is 2.38. The van der Waals surface area contributed by atoms with E-state index in [0.29, 0.717) is 23.1 Å². The molecule has 1 saturated heterocycles. The maximum atomic E-state index is 13.1. The number of halogens is 2. The minimum absolute atomic E-state index is 0.138. The summed E-state index contributed by atoms with van der Waals surface area (Å²) in [7, 11) is -2.11. The van der Waals surface area contributed by atoms with Crippen LogP contribution < -0.4 is 4.74 Å². The Morgan fingerprint density at radius 3 is 2.62 bits per heavy atom. The molecule has 3 rings (SSSR count). The molecule has 1 fully saturated rings. The van der Waals surface area contributed by atoms with Crippen molar-refractivity contribution < 1.29 is 13.2 Å². The minimum atomic E-state index is -3.69. The summed E-state index contributed by atoms with van der Waals surface area (Å²) in [5.41, 5.74) is 0.839. The van der Waals surface area contributed by atoms with E-state index in [9.17, 15) is 8.42 Å². The van der Waals surface area contributed by atoms with Gasteiger partial charge in [-0.2, -0.15) is 4.31 Å². The summed E-state index contributed by atoms with van der Waals surface area (Å²) >= 11 is 13.5. The Morgan fingerprint density at radius 2 is 1.92 bits per heavy atom. The van der Waals surface area contributed by atoms with E-state index in [2.05, 4.69) is 0 Å². The van der Waals surface area contributed by atoms with E-state index in [1.807, 2.05) is 24.3 Å². The molecule has 24 heavy (non-hydrogen) atoms. The van der Waals surface area contributed by atoms with Crippen LogP contribution >= 0.6 is 35.0 Å². The van der Waals surface area contributed by atoms with Crippen molar-refractivity contribution in [3.8, 4) is 5.75 Å². The third-order valence-corrected chi connectivity index (χ3v) is 7.73. The molecule has 0 bridgehead atoms. The maximum Gasteiger partial charge on any atom is 0.244 e. The first-order valence-electron chi connectivity index (χ1n) is 7.16. The summed E-state index contributed by atoms with van der Waals surface area (Å²) in [5.74, 6) is 1.38. The van der Waals surface area contributed by atoms with Crippen LogP contribution in [0, 0.1) is 0 Å². The molecular formula is C16H15Cl2NO3S2. The predicted octanol–water partition coefficient (Wildman–Crippen LogP) is 4.44. The monoisotopic (exact) mass is 403 g/mol. The summed E-state index contributed by atoms with van der Waals surface area (Å²) in [6, 6.07) is 11.8. The molecular weight excluding hydrogens is 389 g/mol. The molecule has 1 unspecified atom stereocenters. The third kappa shape index (κ3) is 3.26. The molecule has 2 aromatic carbocycles. The lowest BCUT2D eigenvalue weighted by molar-refractivity contribution is 0.390. The largest absolute Gasteiger partial charge is 0.496 e. The molecule has 1 atom stereocenters. The van der Waals surface area contributed by atoms with E-state index >= 15 is 0 Å². The molecule has 128 valence electrons. The molecule has 1 heterocycles. The second-order valence-corrected chi connectivity index (χ2v) is 9.05. The first-order chi connectivity index (χ1) is 11.4. The van der Waals surface area contributed by atoms with Gasteiger partial charge in [-0.15, -0.1) is 11.8 Å². The molecule has 0 saturated carbocycles. The highest BCUT2D eigenvalue weighted by molar-refractivity contribution is 8.01. The number of methoxy groups -OCH3 is 1. The van der Waals surface area contributed by atoms with Crippen LogP contribution in [0.3, 0.4) is 0 Å². The van der Waals surface area contributed by atoms with Crippen LogP contribution in [0.1, 0.15) is 10.9 Å². The number of nitrogens with zero attached hydrogens (tertiary/aromatic N) is 1. The Morgan fingerprint density at radius 1 is 1.17 bits per heavy atom. The van der Waals surface area contributed by atoms with Gasteiger partial charge in [-0.25, -0.2) is 8.42 Å². The van der Waals surface area contributed by atoms with Gasteiger partial charge in [0, 0.05) is 17.9 Å². The van der Waals surface area contributed by atoms with Crippen molar-refractivity contribution in [2.45, 2.75) is 10.3 Å². The average Bonchev–Trinajstić information content (AvgIpc) is 3.07. The molecule has 0 spiro atoms. The summed E-state index contributed by atoms with van der Waals surface area (Å²) in [5, 5.41) is 0.215. The van der Waals surface area contributed by atoms with Gasteiger partial charge >= 0.3 is 0 Å². The van der Waals surface area contributed by atoms with Crippen molar-refractivity contribution >= 4 is 45.0 Å². The molecule has 1 aliphatic heterocycles. The van der Waals surface area contributed by atoms with Crippen molar-refractivity contribution in [3.05, 3.63) is 58.1 Å². The fourth-order valence-corrected chi connectivity index (χ4v) is 6.24. The summed E-state index contributed by atoms with van der Waals surface area (Å²) in [4.78, 5) is 0.138. The number of ether oxygens (including phenoxy) is 1. The molecule has 2 aromatic rings. The van der Waals surface area contributed by atoms with Crippen LogP contribution in [0.5, 0.6) is 5.75 Å².